The Labute approximate surface area is 174 Å². The third-order valence-corrected chi connectivity index (χ3v) is 5.17. The Morgan fingerprint density at radius 2 is 1.66 bits per heavy atom. The van der Waals surface area contributed by atoms with Crippen molar-refractivity contribution in [3.63, 3.8) is 0 Å². The average Bonchev–Trinajstić information content (AvgIpc) is 2.91. The Morgan fingerprint density at radius 1 is 1.03 bits per heavy atom. The van der Waals surface area contributed by atoms with E-state index in [4.69, 9.17) is 4.98 Å². The monoisotopic (exact) mass is 391 g/mol. The largest absolute Gasteiger partial charge is 0.291 e. The standard InChI is InChI=1S/C25H33N3O/c1-17-14-18(2)27-21(15-17)26-22(20-12-10-9-11-13-20)23(27)28(19(3)29)25(7,8)16-24(4,5)6/h9-15H,16H2,1-8H3. The third-order valence-electron chi connectivity index (χ3n) is 5.17. The van der Waals surface area contributed by atoms with E-state index in [9.17, 15) is 4.79 Å². The lowest BCUT2D eigenvalue weighted by molar-refractivity contribution is -0.117. The minimum absolute atomic E-state index is 0.0261. The van der Waals surface area contributed by atoms with E-state index in [-0.39, 0.29) is 16.9 Å². The lowest BCUT2D eigenvalue weighted by Gasteiger charge is -2.42. The first-order valence-electron chi connectivity index (χ1n) is 10.3. The third kappa shape index (κ3) is 4.21. The molecular formula is C25H33N3O. The predicted molar refractivity (Wildman–Crippen MR) is 121 cm³/mol. The summed E-state index contributed by atoms with van der Waals surface area (Å²) in [5.74, 6) is 0.878. The molecule has 0 N–H and O–H groups in total. The van der Waals surface area contributed by atoms with Gasteiger partial charge >= 0.3 is 0 Å². The van der Waals surface area contributed by atoms with E-state index in [0.717, 1.165) is 40.4 Å². The van der Waals surface area contributed by atoms with Crippen LogP contribution in [-0.2, 0) is 4.79 Å². The number of benzene rings is 1. The van der Waals surface area contributed by atoms with Crippen LogP contribution in [0, 0.1) is 19.3 Å². The van der Waals surface area contributed by atoms with Crippen molar-refractivity contribution in [1.29, 1.82) is 0 Å². The van der Waals surface area contributed by atoms with Crippen LogP contribution in [0.5, 0.6) is 0 Å². The fraction of sp³-hybridized carbons (Fsp3) is 0.440. The van der Waals surface area contributed by atoms with Crippen molar-refractivity contribution in [1.82, 2.24) is 9.38 Å². The van der Waals surface area contributed by atoms with Gasteiger partial charge in [0.05, 0.1) is 0 Å². The van der Waals surface area contributed by atoms with Crippen LogP contribution < -0.4 is 4.90 Å². The van der Waals surface area contributed by atoms with Crippen LogP contribution in [0.3, 0.4) is 0 Å². The van der Waals surface area contributed by atoms with Crippen molar-refractivity contribution in [2.45, 2.75) is 67.3 Å². The number of hydrogen-bond donors (Lipinski definition) is 0. The first-order chi connectivity index (χ1) is 13.4. The fourth-order valence-electron chi connectivity index (χ4n) is 4.75. The molecule has 0 aliphatic heterocycles. The molecule has 2 aromatic heterocycles. The molecule has 0 bridgehead atoms. The van der Waals surface area contributed by atoms with Gasteiger partial charge in [-0.3, -0.25) is 14.1 Å². The van der Waals surface area contributed by atoms with Crippen LogP contribution >= 0.6 is 0 Å². The van der Waals surface area contributed by atoms with Crippen LogP contribution in [0.2, 0.25) is 0 Å². The van der Waals surface area contributed by atoms with Crippen molar-refractivity contribution >= 4 is 17.4 Å². The lowest BCUT2D eigenvalue weighted by atomic mass is 9.80. The molecule has 0 aliphatic rings. The number of aromatic nitrogens is 2. The molecule has 4 heteroatoms. The van der Waals surface area contributed by atoms with E-state index >= 15 is 0 Å². The molecule has 0 spiro atoms. The maximum Gasteiger partial charge on any atom is 0.225 e. The summed E-state index contributed by atoms with van der Waals surface area (Å²) in [6.45, 7) is 16.8. The summed E-state index contributed by atoms with van der Waals surface area (Å²) in [5.41, 5.74) is 4.67. The Hall–Kier alpha value is -2.62. The summed E-state index contributed by atoms with van der Waals surface area (Å²) >= 11 is 0. The number of amides is 1. The van der Waals surface area contributed by atoms with Crippen molar-refractivity contribution in [3.8, 4) is 11.3 Å². The zero-order valence-corrected chi connectivity index (χ0v) is 19.0. The molecular weight excluding hydrogens is 358 g/mol. The van der Waals surface area contributed by atoms with E-state index in [2.05, 4.69) is 77.1 Å². The molecule has 154 valence electrons. The number of hydrogen-bond acceptors (Lipinski definition) is 2. The SMILES string of the molecule is CC(=O)N(c1c(-c2ccccc2)nc2cc(C)cc(C)n12)C(C)(C)CC(C)(C)C. The van der Waals surface area contributed by atoms with Crippen molar-refractivity contribution in [2.75, 3.05) is 4.90 Å². The fourth-order valence-corrected chi connectivity index (χ4v) is 4.75. The highest BCUT2D eigenvalue weighted by Crippen LogP contribution is 2.40. The Morgan fingerprint density at radius 3 is 2.21 bits per heavy atom. The number of carbonyl (C=O) groups is 1. The quantitative estimate of drug-likeness (QED) is 0.532. The molecule has 29 heavy (non-hydrogen) atoms. The summed E-state index contributed by atoms with van der Waals surface area (Å²) in [4.78, 5) is 20.0. The zero-order chi connectivity index (χ0) is 21.6. The highest BCUT2D eigenvalue weighted by molar-refractivity contribution is 5.97. The second kappa shape index (κ2) is 7.33. The van der Waals surface area contributed by atoms with Gasteiger partial charge in [-0.15, -0.1) is 0 Å². The topological polar surface area (TPSA) is 37.6 Å². The number of pyridine rings is 1. The number of anilines is 1. The zero-order valence-electron chi connectivity index (χ0n) is 19.0. The number of imidazole rings is 1. The lowest BCUT2D eigenvalue weighted by Crippen LogP contribution is -2.50. The van der Waals surface area contributed by atoms with Gasteiger partial charge in [0, 0.05) is 23.7 Å². The number of carbonyl (C=O) groups excluding carboxylic acids is 1. The molecule has 3 aromatic rings. The van der Waals surface area contributed by atoms with Gasteiger partial charge in [0.25, 0.3) is 0 Å². The van der Waals surface area contributed by atoms with E-state index in [1.165, 1.54) is 0 Å². The van der Waals surface area contributed by atoms with Gasteiger partial charge in [-0.2, -0.15) is 0 Å². The summed E-state index contributed by atoms with van der Waals surface area (Å²) in [5, 5.41) is 0. The van der Waals surface area contributed by atoms with Crippen LogP contribution in [0.15, 0.2) is 42.5 Å². The molecule has 0 atom stereocenters. The van der Waals surface area contributed by atoms with Gasteiger partial charge in [0.1, 0.15) is 17.2 Å². The van der Waals surface area contributed by atoms with Crippen LogP contribution in [0.4, 0.5) is 5.82 Å². The summed E-state index contributed by atoms with van der Waals surface area (Å²) in [6, 6.07) is 14.4. The number of fused-ring (bicyclic) bond motifs is 1. The minimum atomic E-state index is -0.374. The smallest absolute Gasteiger partial charge is 0.225 e. The van der Waals surface area contributed by atoms with Gasteiger partial charge in [-0.05, 0) is 57.2 Å². The summed E-state index contributed by atoms with van der Waals surface area (Å²) in [7, 11) is 0. The van der Waals surface area contributed by atoms with Gasteiger partial charge in [-0.25, -0.2) is 4.98 Å². The Balaban J connectivity index is 2.37. The second-order valence-corrected chi connectivity index (χ2v) is 9.92. The predicted octanol–water partition coefficient (Wildman–Crippen LogP) is 6.19. The van der Waals surface area contributed by atoms with Crippen molar-refractivity contribution < 1.29 is 4.79 Å². The van der Waals surface area contributed by atoms with Crippen LogP contribution in [-0.4, -0.2) is 20.8 Å². The van der Waals surface area contributed by atoms with E-state index in [0.29, 0.717) is 0 Å². The van der Waals surface area contributed by atoms with Crippen LogP contribution in [0.1, 0.15) is 59.2 Å². The minimum Gasteiger partial charge on any atom is -0.291 e. The number of rotatable bonds is 4. The molecule has 2 heterocycles. The highest BCUT2D eigenvalue weighted by Gasteiger charge is 2.38. The van der Waals surface area contributed by atoms with Gasteiger partial charge < -0.3 is 0 Å². The van der Waals surface area contributed by atoms with E-state index in [1.807, 2.05) is 23.1 Å². The summed E-state index contributed by atoms with van der Waals surface area (Å²) in [6.07, 6.45) is 0.867. The molecule has 1 aromatic carbocycles. The molecule has 0 unspecified atom stereocenters. The van der Waals surface area contributed by atoms with Gasteiger partial charge in [0.15, 0.2) is 0 Å². The molecule has 4 nitrogen and oxygen atoms in total. The maximum absolute atomic E-state index is 13.1. The van der Waals surface area contributed by atoms with Gasteiger partial charge in [-0.1, -0.05) is 51.1 Å². The normalized spacial score (nSPS) is 12.4. The molecule has 1 amide bonds. The average molecular weight is 392 g/mol. The number of aryl methyl sites for hydroxylation is 2. The highest BCUT2D eigenvalue weighted by atomic mass is 16.2. The molecule has 0 saturated heterocycles. The maximum atomic E-state index is 13.1. The van der Waals surface area contributed by atoms with Crippen molar-refractivity contribution in [3.05, 3.63) is 53.7 Å². The van der Waals surface area contributed by atoms with E-state index < -0.39 is 0 Å². The molecule has 0 radical (unpaired) electrons. The van der Waals surface area contributed by atoms with Gasteiger partial charge in [0.2, 0.25) is 5.91 Å². The molecule has 0 saturated carbocycles. The first kappa shape index (κ1) is 21.1. The molecule has 0 fully saturated rings. The van der Waals surface area contributed by atoms with Crippen LogP contribution in [0.25, 0.3) is 16.9 Å². The second-order valence-electron chi connectivity index (χ2n) is 9.92. The molecule has 0 aliphatic carbocycles. The van der Waals surface area contributed by atoms with Crippen molar-refractivity contribution in [2.24, 2.45) is 5.41 Å². The van der Waals surface area contributed by atoms with E-state index in [1.54, 1.807) is 6.92 Å². The Bertz CT molecular complexity index is 1040. The Kier molecular flexibility index (Phi) is 5.33. The first-order valence-corrected chi connectivity index (χ1v) is 10.3. The summed E-state index contributed by atoms with van der Waals surface area (Å²) < 4.78 is 2.13. The number of nitrogens with zero attached hydrogens (tertiary/aromatic N) is 3. The molecule has 3 rings (SSSR count).